The molecule has 3 rings (SSSR count). The highest BCUT2D eigenvalue weighted by molar-refractivity contribution is 5.91. The van der Waals surface area contributed by atoms with Gasteiger partial charge in [0, 0.05) is 25.4 Å². The topological polar surface area (TPSA) is 64.7 Å². The van der Waals surface area contributed by atoms with Crippen molar-refractivity contribution in [1.29, 1.82) is 0 Å². The predicted octanol–water partition coefficient (Wildman–Crippen LogP) is 1.74. The van der Waals surface area contributed by atoms with E-state index < -0.39 is 0 Å². The second-order valence-electron chi connectivity index (χ2n) is 5.90. The van der Waals surface area contributed by atoms with Gasteiger partial charge < -0.3 is 18.6 Å². The summed E-state index contributed by atoms with van der Waals surface area (Å²) >= 11 is 0. The van der Waals surface area contributed by atoms with Gasteiger partial charge in [0.25, 0.3) is 11.5 Å². The summed E-state index contributed by atoms with van der Waals surface area (Å²) in [6, 6.07) is 8.37. The van der Waals surface area contributed by atoms with Crippen LogP contribution in [0, 0.1) is 0 Å². The molecule has 0 aliphatic carbocycles. The van der Waals surface area contributed by atoms with E-state index in [4.69, 9.17) is 9.15 Å². The average Bonchev–Trinajstić information content (AvgIpc) is 2.96. The van der Waals surface area contributed by atoms with Crippen LogP contribution < -0.4 is 5.56 Å². The van der Waals surface area contributed by atoms with Crippen LogP contribution in [-0.2, 0) is 11.3 Å². The zero-order valence-electron chi connectivity index (χ0n) is 13.3. The Labute approximate surface area is 134 Å². The zero-order chi connectivity index (χ0) is 16.4. The number of hydrogen-bond donors (Lipinski definition) is 0. The van der Waals surface area contributed by atoms with Crippen molar-refractivity contribution in [3.63, 3.8) is 0 Å². The molecule has 1 amide bonds. The van der Waals surface area contributed by atoms with Gasteiger partial charge in [-0.25, -0.2) is 0 Å². The Balaban J connectivity index is 1.73. The lowest BCUT2D eigenvalue weighted by molar-refractivity contribution is -0.0592. The van der Waals surface area contributed by atoms with Gasteiger partial charge in [-0.2, -0.15) is 0 Å². The van der Waals surface area contributed by atoms with Gasteiger partial charge in [0.2, 0.25) is 0 Å². The van der Waals surface area contributed by atoms with E-state index in [-0.39, 0.29) is 23.7 Å². The number of carbonyl (C=O) groups excluding carboxylic acids is 1. The van der Waals surface area contributed by atoms with Crippen LogP contribution in [0.25, 0.3) is 0 Å². The van der Waals surface area contributed by atoms with Crippen molar-refractivity contribution in [3.8, 4) is 0 Å². The van der Waals surface area contributed by atoms with Gasteiger partial charge in [0.05, 0.1) is 18.8 Å². The summed E-state index contributed by atoms with van der Waals surface area (Å²) < 4.78 is 12.8. The molecule has 0 aromatic carbocycles. The van der Waals surface area contributed by atoms with Crippen LogP contribution in [0.4, 0.5) is 0 Å². The number of carbonyl (C=O) groups is 1. The molecule has 2 atom stereocenters. The maximum absolute atomic E-state index is 12.5. The monoisotopic (exact) mass is 316 g/mol. The van der Waals surface area contributed by atoms with E-state index in [9.17, 15) is 9.59 Å². The third-order valence-corrected chi connectivity index (χ3v) is 3.80. The first-order chi connectivity index (χ1) is 11.0. The highest BCUT2D eigenvalue weighted by atomic mass is 16.5. The smallest absolute Gasteiger partial charge is 0.289 e. The minimum absolute atomic E-state index is 0.0139. The molecule has 6 nitrogen and oxygen atoms in total. The van der Waals surface area contributed by atoms with E-state index in [1.54, 1.807) is 35.4 Å². The first-order valence-electron chi connectivity index (χ1n) is 7.72. The predicted molar refractivity (Wildman–Crippen MR) is 84.4 cm³/mol. The lowest BCUT2D eigenvalue weighted by atomic mass is 10.2. The Kier molecular flexibility index (Phi) is 4.34. The number of aromatic nitrogens is 1. The molecule has 0 radical (unpaired) electrons. The number of ether oxygens (including phenoxy) is 1. The SMILES string of the molecule is C[C@@H]1CN(C(=O)c2ccc(Cn3ccccc3=O)o2)C[C@@H](C)O1. The molecule has 1 saturated heterocycles. The van der Waals surface area contributed by atoms with Crippen molar-refractivity contribution in [2.75, 3.05) is 13.1 Å². The van der Waals surface area contributed by atoms with E-state index in [1.165, 1.54) is 10.6 Å². The minimum atomic E-state index is -0.140. The zero-order valence-corrected chi connectivity index (χ0v) is 13.3. The maximum Gasteiger partial charge on any atom is 0.289 e. The summed E-state index contributed by atoms with van der Waals surface area (Å²) in [5, 5.41) is 0. The third-order valence-electron chi connectivity index (χ3n) is 3.80. The molecule has 1 fully saturated rings. The van der Waals surface area contributed by atoms with Crippen LogP contribution >= 0.6 is 0 Å². The Morgan fingerprint density at radius 2 is 1.91 bits per heavy atom. The normalized spacial score (nSPS) is 21.4. The molecular weight excluding hydrogens is 296 g/mol. The molecule has 23 heavy (non-hydrogen) atoms. The van der Waals surface area contributed by atoms with Gasteiger partial charge in [-0.05, 0) is 32.0 Å². The maximum atomic E-state index is 12.5. The molecule has 0 unspecified atom stereocenters. The van der Waals surface area contributed by atoms with E-state index in [1.807, 2.05) is 13.8 Å². The molecule has 2 aromatic rings. The minimum Gasteiger partial charge on any atom is -0.454 e. The number of hydrogen-bond acceptors (Lipinski definition) is 4. The van der Waals surface area contributed by atoms with Crippen molar-refractivity contribution in [3.05, 3.63) is 58.4 Å². The lowest BCUT2D eigenvalue weighted by Gasteiger charge is -2.34. The molecule has 6 heteroatoms. The molecule has 0 saturated carbocycles. The van der Waals surface area contributed by atoms with Crippen LogP contribution in [0.5, 0.6) is 0 Å². The fraction of sp³-hybridized carbons (Fsp3) is 0.412. The fourth-order valence-electron chi connectivity index (χ4n) is 2.84. The average molecular weight is 316 g/mol. The number of morpholine rings is 1. The molecular formula is C17H20N2O4. The van der Waals surface area contributed by atoms with Crippen molar-refractivity contribution < 1.29 is 13.9 Å². The molecule has 0 spiro atoms. The Morgan fingerprint density at radius 1 is 1.17 bits per heavy atom. The quantitative estimate of drug-likeness (QED) is 0.865. The van der Waals surface area contributed by atoms with Crippen molar-refractivity contribution >= 4 is 5.91 Å². The van der Waals surface area contributed by atoms with Crippen LogP contribution in [0.3, 0.4) is 0 Å². The standard InChI is InChI=1S/C17H20N2O4/c1-12-9-19(10-13(2)22-12)17(21)15-7-6-14(23-15)11-18-8-4-3-5-16(18)20/h3-8,12-13H,9-11H2,1-2H3/t12-,13-/m1/s1. The van der Waals surface area contributed by atoms with E-state index in [0.717, 1.165) is 0 Å². The summed E-state index contributed by atoms with van der Waals surface area (Å²) in [5.74, 6) is 0.736. The number of nitrogens with zero attached hydrogens (tertiary/aromatic N) is 2. The van der Waals surface area contributed by atoms with Gasteiger partial charge in [0.1, 0.15) is 5.76 Å². The van der Waals surface area contributed by atoms with E-state index >= 15 is 0 Å². The number of furan rings is 1. The van der Waals surface area contributed by atoms with Gasteiger partial charge in [-0.15, -0.1) is 0 Å². The Morgan fingerprint density at radius 3 is 2.61 bits per heavy atom. The van der Waals surface area contributed by atoms with Crippen molar-refractivity contribution in [2.24, 2.45) is 0 Å². The lowest BCUT2D eigenvalue weighted by Crippen LogP contribution is -2.48. The Bertz CT molecular complexity index is 739. The largest absolute Gasteiger partial charge is 0.454 e. The molecule has 1 aliphatic rings. The summed E-state index contributed by atoms with van der Waals surface area (Å²) in [6.07, 6.45) is 1.72. The summed E-state index contributed by atoms with van der Waals surface area (Å²) in [6.45, 7) is 5.31. The van der Waals surface area contributed by atoms with Crippen LogP contribution in [0.1, 0.15) is 30.2 Å². The highest BCUT2D eigenvalue weighted by Crippen LogP contribution is 2.16. The summed E-state index contributed by atoms with van der Waals surface area (Å²) in [5.41, 5.74) is -0.104. The molecule has 2 aromatic heterocycles. The van der Waals surface area contributed by atoms with Gasteiger partial charge in [0.15, 0.2) is 5.76 Å². The first kappa shape index (κ1) is 15.6. The molecule has 0 bridgehead atoms. The van der Waals surface area contributed by atoms with Crippen LogP contribution in [-0.4, -0.2) is 40.7 Å². The third kappa shape index (κ3) is 3.53. The molecule has 1 aliphatic heterocycles. The summed E-state index contributed by atoms with van der Waals surface area (Å²) in [4.78, 5) is 26.0. The van der Waals surface area contributed by atoms with Gasteiger partial charge >= 0.3 is 0 Å². The van der Waals surface area contributed by atoms with Gasteiger partial charge in [-0.3, -0.25) is 9.59 Å². The number of rotatable bonds is 3. The van der Waals surface area contributed by atoms with Crippen LogP contribution in [0.15, 0.2) is 45.7 Å². The van der Waals surface area contributed by atoms with Crippen LogP contribution in [0.2, 0.25) is 0 Å². The van der Waals surface area contributed by atoms with Crippen molar-refractivity contribution in [1.82, 2.24) is 9.47 Å². The van der Waals surface area contributed by atoms with E-state index in [2.05, 4.69) is 0 Å². The number of pyridine rings is 1. The molecule has 3 heterocycles. The highest BCUT2D eigenvalue weighted by Gasteiger charge is 2.28. The molecule has 0 N–H and O–H groups in total. The van der Waals surface area contributed by atoms with Crippen molar-refractivity contribution in [2.45, 2.75) is 32.6 Å². The summed E-state index contributed by atoms with van der Waals surface area (Å²) in [7, 11) is 0. The molecule has 122 valence electrons. The Hall–Kier alpha value is -2.34. The van der Waals surface area contributed by atoms with E-state index in [0.29, 0.717) is 31.2 Å². The number of amides is 1. The second-order valence-corrected chi connectivity index (χ2v) is 5.90. The first-order valence-corrected chi connectivity index (χ1v) is 7.72. The second kappa shape index (κ2) is 6.42. The fourth-order valence-corrected chi connectivity index (χ4v) is 2.84. The van der Waals surface area contributed by atoms with Gasteiger partial charge in [-0.1, -0.05) is 6.07 Å².